The van der Waals surface area contributed by atoms with Gasteiger partial charge >= 0.3 is 0 Å². The fraction of sp³-hybridized carbons (Fsp3) is 0.409. The summed E-state index contributed by atoms with van der Waals surface area (Å²) in [5.41, 5.74) is 1.39. The Balaban J connectivity index is 1.59. The van der Waals surface area contributed by atoms with Crippen molar-refractivity contribution in [2.75, 3.05) is 10.8 Å². The lowest BCUT2D eigenvalue weighted by Gasteiger charge is -2.27. The van der Waals surface area contributed by atoms with E-state index in [1.807, 2.05) is 6.92 Å². The van der Waals surface area contributed by atoms with Gasteiger partial charge in [-0.1, -0.05) is 24.1 Å². The van der Waals surface area contributed by atoms with Crippen LogP contribution in [0, 0.1) is 24.6 Å². The second-order valence-corrected chi connectivity index (χ2v) is 10.0. The number of sulfonamides is 1. The van der Waals surface area contributed by atoms with Gasteiger partial charge in [0.05, 0.1) is 10.6 Å². The molecule has 2 aliphatic carbocycles. The van der Waals surface area contributed by atoms with Crippen LogP contribution in [0.4, 0.5) is 10.1 Å². The molecule has 154 valence electrons. The van der Waals surface area contributed by atoms with Gasteiger partial charge in [0.2, 0.25) is 5.91 Å². The van der Waals surface area contributed by atoms with Crippen molar-refractivity contribution in [2.45, 2.75) is 43.5 Å². The first kappa shape index (κ1) is 19.9. The zero-order valence-corrected chi connectivity index (χ0v) is 17.2. The number of hydrogen-bond acceptors (Lipinski definition) is 3. The summed E-state index contributed by atoms with van der Waals surface area (Å²) < 4.78 is 40.9. The van der Waals surface area contributed by atoms with Crippen molar-refractivity contribution in [1.82, 2.24) is 5.32 Å². The molecular formula is C22H25FN2O3S. The van der Waals surface area contributed by atoms with Crippen LogP contribution in [0.25, 0.3) is 0 Å². The third kappa shape index (κ3) is 4.15. The first-order valence-corrected chi connectivity index (χ1v) is 11.4. The van der Waals surface area contributed by atoms with E-state index >= 15 is 0 Å². The van der Waals surface area contributed by atoms with Crippen molar-refractivity contribution in [3.63, 3.8) is 0 Å². The molecule has 0 aromatic heterocycles. The van der Waals surface area contributed by atoms with Crippen molar-refractivity contribution in [3.8, 4) is 0 Å². The summed E-state index contributed by atoms with van der Waals surface area (Å²) in [7, 11) is -4.02. The predicted molar refractivity (Wildman–Crippen MR) is 109 cm³/mol. The van der Waals surface area contributed by atoms with Gasteiger partial charge in [0, 0.05) is 6.04 Å². The smallest absolute Gasteiger partial charge is 0.264 e. The minimum Gasteiger partial charge on any atom is -0.352 e. The number of amides is 1. The van der Waals surface area contributed by atoms with Gasteiger partial charge in [-0.05, 0) is 74.4 Å². The van der Waals surface area contributed by atoms with Crippen LogP contribution in [-0.4, -0.2) is 26.9 Å². The van der Waals surface area contributed by atoms with E-state index in [-0.39, 0.29) is 23.4 Å². The Morgan fingerprint density at radius 2 is 1.76 bits per heavy atom. The van der Waals surface area contributed by atoms with Crippen LogP contribution in [0.5, 0.6) is 0 Å². The molecule has 4 rings (SSSR count). The van der Waals surface area contributed by atoms with Gasteiger partial charge in [-0.2, -0.15) is 0 Å². The molecule has 2 aliphatic rings. The Hall–Kier alpha value is -2.41. The van der Waals surface area contributed by atoms with Gasteiger partial charge in [0.1, 0.15) is 12.4 Å². The SMILES string of the molecule is Cc1ccc(N(CC(=O)N[C@H]2C[C@H]3CC[C@@H]2C3)S(=O)(=O)c2ccc(F)cc2)cc1. The number of anilines is 1. The van der Waals surface area contributed by atoms with E-state index in [2.05, 4.69) is 5.32 Å². The molecule has 2 saturated carbocycles. The molecule has 1 N–H and O–H groups in total. The van der Waals surface area contributed by atoms with Crippen molar-refractivity contribution in [1.29, 1.82) is 0 Å². The summed E-state index contributed by atoms with van der Waals surface area (Å²) in [6.07, 6.45) is 4.49. The molecule has 0 spiro atoms. The Bertz CT molecular complexity index is 990. The molecule has 5 nitrogen and oxygen atoms in total. The highest BCUT2D eigenvalue weighted by Crippen LogP contribution is 2.44. The van der Waals surface area contributed by atoms with Crippen LogP contribution < -0.4 is 9.62 Å². The molecule has 2 fully saturated rings. The number of aryl methyl sites for hydroxylation is 1. The van der Waals surface area contributed by atoms with Crippen molar-refractivity contribution >= 4 is 21.6 Å². The fourth-order valence-corrected chi connectivity index (χ4v) is 5.99. The molecular weight excluding hydrogens is 391 g/mol. The molecule has 0 radical (unpaired) electrons. The maximum Gasteiger partial charge on any atom is 0.264 e. The van der Waals surface area contributed by atoms with Gasteiger partial charge < -0.3 is 5.32 Å². The second-order valence-electron chi connectivity index (χ2n) is 8.15. The van der Waals surface area contributed by atoms with Crippen LogP contribution in [0.15, 0.2) is 53.4 Å². The summed E-state index contributed by atoms with van der Waals surface area (Å²) in [5.74, 6) is 0.362. The molecule has 29 heavy (non-hydrogen) atoms. The highest BCUT2D eigenvalue weighted by Gasteiger charge is 2.40. The number of nitrogens with zero attached hydrogens (tertiary/aromatic N) is 1. The molecule has 0 unspecified atom stereocenters. The molecule has 1 amide bonds. The largest absolute Gasteiger partial charge is 0.352 e. The van der Waals surface area contributed by atoms with E-state index < -0.39 is 15.8 Å². The summed E-state index contributed by atoms with van der Waals surface area (Å²) in [5, 5.41) is 3.05. The van der Waals surface area contributed by atoms with E-state index in [4.69, 9.17) is 0 Å². The van der Waals surface area contributed by atoms with Gasteiger partial charge in [-0.25, -0.2) is 12.8 Å². The highest BCUT2D eigenvalue weighted by molar-refractivity contribution is 7.92. The van der Waals surface area contributed by atoms with Crippen LogP contribution in [0.3, 0.4) is 0 Å². The third-order valence-corrected chi connectivity index (χ3v) is 7.88. The molecule has 3 atom stereocenters. The number of nitrogens with one attached hydrogen (secondary N) is 1. The number of carbonyl (C=O) groups excluding carboxylic acids is 1. The standard InChI is InChI=1S/C22H25FN2O3S/c1-15-2-8-19(9-3-15)25(29(27,28)20-10-6-18(23)7-11-20)14-22(26)24-21-13-16-4-5-17(21)12-16/h2-3,6-11,16-17,21H,4-5,12-14H2,1H3,(H,24,26)/t16-,17+,21-/m0/s1. The Morgan fingerprint density at radius 1 is 1.07 bits per heavy atom. The summed E-state index contributed by atoms with van der Waals surface area (Å²) in [6, 6.07) is 11.8. The zero-order valence-electron chi connectivity index (χ0n) is 16.3. The van der Waals surface area contributed by atoms with Crippen LogP contribution >= 0.6 is 0 Å². The van der Waals surface area contributed by atoms with E-state index in [0.29, 0.717) is 17.5 Å². The lowest BCUT2D eigenvalue weighted by Crippen LogP contribution is -2.46. The van der Waals surface area contributed by atoms with Crippen LogP contribution in [0.1, 0.15) is 31.2 Å². The number of carbonyl (C=O) groups is 1. The number of fused-ring (bicyclic) bond motifs is 2. The van der Waals surface area contributed by atoms with Gasteiger partial charge in [0.15, 0.2) is 0 Å². The number of benzene rings is 2. The van der Waals surface area contributed by atoms with Gasteiger partial charge in [-0.15, -0.1) is 0 Å². The first-order chi connectivity index (χ1) is 13.8. The van der Waals surface area contributed by atoms with Crippen molar-refractivity contribution in [2.24, 2.45) is 11.8 Å². The van der Waals surface area contributed by atoms with Crippen LogP contribution in [0.2, 0.25) is 0 Å². The third-order valence-electron chi connectivity index (χ3n) is 6.10. The summed E-state index contributed by atoms with van der Waals surface area (Å²) in [6.45, 7) is 1.60. The summed E-state index contributed by atoms with van der Waals surface area (Å²) in [4.78, 5) is 12.7. The highest BCUT2D eigenvalue weighted by atomic mass is 32.2. The van der Waals surface area contributed by atoms with E-state index in [1.165, 1.54) is 18.6 Å². The molecule has 2 aromatic rings. The average Bonchev–Trinajstić information content (AvgIpc) is 3.30. The Morgan fingerprint density at radius 3 is 2.34 bits per heavy atom. The summed E-state index contributed by atoms with van der Waals surface area (Å²) >= 11 is 0. The van der Waals surface area contributed by atoms with E-state index in [0.717, 1.165) is 41.3 Å². The van der Waals surface area contributed by atoms with Gasteiger partial charge in [-0.3, -0.25) is 9.10 Å². The maximum absolute atomic E-state index is 13.3. The number of rotatable bonds is 6. The zero-order chi connectivity index (χ0) is 20.6. The molecule has 2 bridgehead atoms. The minimum absolute atomic E-state index is 0.0489. The molecule has 2 aromatic carbocycles. The molecule has 0 saturated heterocycles. The lowest BCUT2D eigenvalue weighted by molar-refractivity contribution is -0.120. The quantitative estimate of drug-likeness (QED) is 0.782. The van der Waals surface area contributed by atoms with Gasteiger partial charge in [0.25, 0.3) is 10.0 Å². The molecule has 0 aliphatic heterocycles. The number of hydrogen-bond donors (Lipinski definition) is 1. The first-order valence-electron chi connectivity index (χ1n) is 9.97. The Labute approximate surface area is 171 Å². The van der Waals surface area contributed by atoms with E-state index in [9.17, 15) is 17.6 Å². The maximum atomic E-state index is 13.3. The normalized spacial score (nSPS) is 23.2. The molecule has 0 heterocycles. The fourth-order valence-electron chi connectivity index (χ4n) is 4.56. The van der Waals surface area contributed by atoms with E-state index in [1.54, 1.807) is 24.3 Å². The number of halogens is 1. The van der Waals surface area contributed by atoms with Crippen LogP contribution in [-0.2, 0) is 14.8 Å². The van der Waals surface area contributed by atoms with Crippen molar-refractivity contribution < 1.29 is 17.6 Å². The Kier molecular flexibility index (Phi) is 5.34. The monoisotopic (exact) mass is 416 g/mol. The lowest BCUT2D eigenvalue weighted by atomic mass is 9.95. The van der Waals surface area contributed by atoms with Crippen molar-refractivity contribution in [3.05, 3.63) is 59.9 Å². The second kappa shape index (κ2) is 7.78. The average molecular weight is 417 g/mol. The topological polar surface area (TPSA) is 66.5 Å². The molecule has 7 heteroatoms. The predicted octanol–water partition coefficient (Wildman–Crippen LogP) is 3.63. The minimum atomic E-state index is -4.02.